The van der Waals surface area contributed by atoms with E-state index in [0.29, 0.717) is 11.4 Å². The number of aromatic nitrogens is 2. The van der Waals surface area contributed by atoms with Gasteiger partial charge in [0.15, 0.2) is 18.1 Å². The molecule has 2 amide bonds. The highest BCUT2D eigenvalue weighted by atomic mass is 16.7. The average Bonchev–Trinajstić information content (AvgIpc) is 3.19. The number of aliphatic hydroxyl groups excluding tert-OH is 4. The number of rotatable bonds is 8. The molecule has 0 saturated carbocycles. The number of ether oxygens (including phenoxy) is 3. The van der Waals surface area contributed by atoms with Gasteiger partial charge >= 0.3 is 5.69 Å². The van der Waals surface area contributed by atoms with Gasteiger partial charge in [-0.15, -0.1) is 0 Å². The summed E-state index contributed by atoms with van der Waals surface area (Å²) in [4.78, 5) is 50.7. The van der Waals surface area contributed by atoms with Crippen molar-refractivity contribution in [3.63, 3.8) is 0 Å². The van der Waals surface area contributed by atoms with Crippen LogP contribution in [0.3, 0.4) is 0 Å². The van der Waals surface area contributed by atoms with Crippen molar-refractivity contribution in [2.24, 2.45) is 11.7 Å². The number of aromatic amines is 1. The Morgan fingerprint density at radius 2 is 1.92 bits per heavy atom. The monoisotopic (exact) mass is 549 g/mol. The highest BCUT2D eigenvalue weighted by Gasteiger charge is 2.51. The second-order valence-electron chi connectivity index (χ2n) is 8.88. The molecule has 39 heavy (non-hydrogen) atoms. The predicted octanol–water partition coefficient (Wildman–Crippen LogP) is -3.54. The predicted molar refractivity (Wildman–Crippen MR) is 130 cm³/mol. The van der Waals surface area contributed by atoms with Crippen LogP contribution in [0.2, 0.25) is 0 Å². The maximum Gasteiger partial charge on any atom is 0.330 e. The quantitative estimate of drug-likeness (QED) is 0.149. The molecule has 1 saturated heterocycles. The summed E-state index contributed by atoms with van der Waals surface area (Å²) < 4.78 is 17.5. The Balaban J connectivity index is 1.55. The van der Waals surface area contributed by atoms with E-state index in [2.05, 4.69) is 5.32 Å². The van der Waals surface area contributed by atoms with Crippen molar-refractivity contribution in [2.75, 3.05) is 17.7 Å². The van der Waals surface area contributed by atoms with Crippen molar-refractivity contribution in [2.45, 2.75) is 43.0 Å². The normalized spacial score (nSPS) is 29.2. The second-order valence-corrected chi connectivity index (χ2v) is 8.88. The fourth-order valence-corrected chi connectivity index (χ4v) is 4.26. The molecular formula is C23H27N5O11. The van der Waals surface area contributed by atoms with Crippen LogP contribution < -0.4 is 28.0 Å². The fraction of sp³-hybridized carbons (Fsp3) is 0.391. The smallest absolute Gasteiger partial charge is 0.330 e. The number of H-pyrrole nitrogens is 1. The molecule has 3 heterocycles. The third-order valence-corrected chi connectivity index (χ3v) is 6.21. The lowest BCUT2D eigenvalue weighted by Crippen LogP contribution is -2.52. The summed E-state index contributed by atoms with van der Waals surface area (Å²) in [5, 5.41) is 43.9. The first kappa shape index (κ1) is 28.0. The van der Waals surface area contributed by atoms with Crippen LogP contribution in [-0.4, -0.2) is 85.2 Å². The van der Waals surface area contributed by atoms with E-state index in [-0.39, 0.29) is 0 Å². The van der Waals surface area contributed by atoms with Gasteiger partial charge in [0.2, 0.25) is 12.2 Å². The van der Waals surface area contributed by atoms with Gasteiger partial charge in [0.25, 0.3) is 11.5 Å². The number of nitrogen functional groups attached to an aromatic ring is 1. The fourth-order valence-electron chi connectivity index (χ4n) is 4.26. The van der Waals surface area contributed by atoms with E-state index in [9.17, 15) is 39.6 Å². The second kappa shape index (κ2) is 11.4. The lowest BCUT2D eigenvalue weighted by Gasteiger charge is -2.35. The molecule has 210 valence electrons. The Labute approximate surface area is 219 Å². The molecule has 1 aromatic carbocycles. The molecule has 2 aromatic rings. The van der Waals surface area contributed by atoms with Crippen LogP contribution in [0.4, 0.5) is 11.4 Å². The van der Waals surface area contributed by atoms with Gasteiger partial charge in [-0.1, -0.05) is 6.07 Å². The summed E-state index contributed by atoms with van der Waals surface area (Å²) in [7, 11) is 0. The number of amides is 2. The average molecular weight is 549 g/mol. The van der Waals surface area contributed by atoms with E-state index in [1.165, 1.54) is 6.07 Å². The number of carbonyl (C=O) groups excluding carboxylic acids is 2. The maximum absolute atomic E-state index is 12.7. The summed E-state index contributed by atoms with van der Waals surface area (Å²) in [6, 6.07) is 7.19. The summed E-state index contributed by atoms with van der Waals surface area (Å²) in [6.07, 6.45) is -9.68. The van der Waals surface area contributed by atoms with Crippen LogP contribution >= 0.6 is 0 Å². The number of anilines is 2. The third-order valence-electron chi connectivity index (χ3n) is 6.21. The first-order valence-corrected chi connectivity index (χ1v) is 11.6. The lowest BCUT2D eigenvalue weighted by atomic mass is 9.94. The molecule has 16 nitrogen and oxygen atoms in total. The molecule has 10 N–H and O–H groups in total. The van der Waals surface area contributed by atoms with Crippen LogP contribution in [0.5, 0.6) is 0 Å². The van der Waals surface area contributed by atoms with Gasteiger partial charge in [-0.3, -0.25) is 23.9 Å². The van der Waals surface area contributed by atoms with Gasteiger partial charge in [0.1, 0.15) is 24.4 Å². The standard InChI is InChI=1S/C23H27N5O11/c24-9-2-1-3-10(6-9)26-20(35)13-7-12(30)16(33)22(37-13)39-18(19(25)34)17-11(8-29)15(32)21(38-17)28-5-4-14(31)27-23(28)36/h1-7,11-12,15-18,21-22,29-30,32-33H,8,24H2,(H2,25,34)(H,26,35)(H,27,31,36)/t11-,12-,15+,16-,17-,18+,21+,22+/m0/s1. The number of aliphatic hydroxyl groups is 4. The molecule has 1 fully saturated rings. The first-order valence-electron chi connectivity index (χ1n) is 11.6. The highest BCUT2D eigenvalue weighted by Crippen LogP contribution is 2.36. The lowest BCUT2D eigenvalue weighted by molar-refractivity contribution is -0.239. The minimum Gasteiger partial charge on any atom is -0.456 e. The Morgan fingerprint density at radius 1 is 1.18 bits per heavy atom. The number of nitrogens with zero attached hydrogens (tertiary/aromatic N) is 1. The number of hydrogen-bond acceptors (Lipinski definition) is 12. The zero-order chi connectivity index (χ0) is 28.4. The van der Waals surface area contributed by atoms with Crippen LogP contribution in [0.1, 0.15) is 6.23 Å². The molecule has 1 aromatic heterocycles. The molecule has 16 heteroatoms. The summed E-state index contributed by atoms with van der Waals surface area (Å²) in [6.45, 7) is -0.752. The number of carbonyl (C=O) groups is 2. The van der Waals surface area contributed by atoms with Crippen molar-refractivity contribution in [3.05, 3.63) is 69.2 Å². The van der Waals surface area contributed by atoms with Crippen LogP contribution in [0.15, 0.2) is 58.0 Å². The molecule has 0 radical (unpaired) electrons. The van der Waals surface area contributed by atoms with Crippen LogP contribution in [0, 0.1) is 5.92 Å². The number of nitrogens with two attached hydrogens (primary N) is 2. The van der Waals surface area contributed by atoms with Gasteiger partial charge in [0, 0.05) is 29.6 Å². The molecule has 0 bridgehead atoms. The van der Waals surface area contributed by atoms with E-state index in [1.807, 2.05) is 4.98 Å². The van der Waals surface area contributed by atoms with Crippen molar-refractivity contribution >= 4 is 23.2 Å². The Morgan fingerprint density at radius 3 is 2.56 bits per heavy atom. The molecule has 4 rings (SSSR count). The molecule has 0 aliphatic carbocycles. The van der Waals surface area contributed by atoms with E-state index in [1.54, 1.807) is 18.2 Å². The van der Waals surface area contributed by atoms with E-state index >= 15 is 0 Å². The Hall–Kier alpha value is -4.06. The van der Waals surface area contributed by atoms with E-state index < -0.39 is 84.4 Å². The van der Waals surface area contributed by atoms with Crippen molar-refractivity contribution in [3.8, 4) is 0 Å². The SMILES string of the molecule is NC(=O)[C@H](O[C@H]1OC(C(=O)Nc2cccc(N)c2)=C[C@H](O)[C@@H]1O)[C@H]1O[C@@H](n2ccc(=O)[nH]c2=O)[C@H](O)[C@@H]1CO. The minimum absolute atomic E-state index is 0.306. The minimum atomic E-state index is -1.83. The molecular weight excluding hydrogens is 522 g/mol. The summed E-state index contributed by atoms with van der Waals surface area (Å²) in [5.74, 6) is -3.72. The van der Waals surface area contributed by atoms with E-state index in [4.69, 9.17) is 25.7 Å². The van der Waals surface area contributed by atoms with Crippen LogP contribution in [0.25, 0.3) is 0 Å². The Kier molecular flexibility index (Phi) is 8.14. The molecule has 2 aliphatic heterocycles. The zero-order valence-electron chi connectivity index (χ0n) is 20.1. The number of hydrogen-bond donors (Lipinski definition) is 8. The number of primary amides is 1. The number of benzene rings is 1. The first-order chi connectivity index (χ1) is 18.5. The van der Waals surface area contributed by atoms with E-state index in [0.717, 1.165) is 22.9 Å². The molecule has 2 aliphatic rings. The molecule has 0 spiro atoms. The van der Waals surface area contributed by atoms with Crippen molar-refractivity contribution in [1.82, 2.24) is 9.55 Å². The Bertz CT molecular complexity index is 1370. The number of nitrogens with one attached hydrogen (secondary N) is 2. The van der Waals surface area contributed by atoms with Gasteiger partial charge in [-0.2, -0.15) is 0 Å². The third kappa shape index (κ3) is 5.85. The maximum atomic E-state index is 12.7. The molecule has 8 atom stereocenters. The van der Waals surface area contributed by atoms with Crippen molar-refractivity contribution < 1.29 is 44.2 Å². The van der Waals surface area contributed by atoms with Gasteiger partial charge in [-0.05, 0) is 24.3 Å². The van der Waals surface area contributed by atoms with Crippen molar-refractivity contribution in [1.29, 1.82) is 0 Å². The van der Waals surface area contributed by atoms with Gasteiger partial charge in [-0.25, -0.2) is 4.79 Å². The highest BCUT2D eigenvalue weighted by molar-refractivity contribution is 6.02. The van der Waals surface area contributed by atoms with Gasteiger partial charge < -0.3 is 51.4 Å². The topological polar surface area (TPSA) is 262 Å². The van der Waals surface area contributed by atoms with Crippen LogP contribution in [-0.2, 0) is 23.8 Å². The largest absolute Gasteiger partial charge is 0.456 e. The van der Waals surface area contributed by atoms with Gasteiger partial charge in [0.05, 0.1) is 6.61 Å². The zero-order valence-corrected chi connectivity index (χ0v) is 20.1. The summed E-state index contributed by atoms with van der Waals surface area (Å²) in [5.41, 5.74) is 10.2. The molecule has 0 unspecified atom stereocenters. The summed E-state index contributed by atoms with van der Waals surface area (Å²) >= 11 is 0.